The first-order valence-electron chi connectivity index (χ1n) is 13.2. The van der Waals surface area contributed by atoms with Gasteiger partial charge in [-0.15, -0.1) is 0 Å². The first kappa shape index (κ1) is 32.9. The van der Waals surface area contributed by atoms with E-state index in [2.05, 4.69) is 16.0 Å². The van der Waals surface area contributed by atoms with Crippen LogP contribution in [-0.4, -0.2) is 62.0 Å². The van der Waals surface area contributed by atoms with Gasteiger partial charge in [0.2, 0.25) is 5.91 Å². The van der Waals surface area contributed by atoms with Crippen LogP contribution in [0.1, 0.15) is 46.1 Å². The summed E-state index contributed by atoms with van der Waals surface area (Å²) in [5.74, 6) is -1.01. The summed E-state index contributed by atoms with van der Waals surface area (Å²) in [5, 5.41) is 7.74. The fourth-order valence-corrected chi connectivity index (χ4v) is 3.57. The molecule has 2 rings (SSSR count). The van der Waals surface area contributed by atoms with Gasteiger partial charge in [0.25, 0.3) is 0 Å². The zero-order valence-corrected chi connectivity index (χ0v) is 24.0. The predicted octanol–water partition coefficient (Wildman–Crippen LogP) is 3.89. The van der Waals surface area contributed by atoms with Crippen molar-refractivity contribution in [2.75, 3.05) is 20.3 Å². The Morgan fingerprint density at radius 1 is 0.878 bits per heavy atom. The van der Waals surface area contributed by atoms with Crippen LogP contribution < -0.4 is 25.4 Å². The molecule has 0 aliphatic rings. The molecule has 2 aromatic rings. The number of carbonyl (C=O) groups excluding carboxylic acids is 4. The van der Waals surface area contributed by atoms with Crippen molar-refractivity contribution in [3.8, 4) is 11.5 Å². The topological polar surface area (TPSA) is 141 Å². The van der Waals surface area contributed by atoms with E-state index < -0.39 is 47.6 Å². The molecule has 12 heteroatoms. The third kappa shape index (κ3) is 12.6. The quantitative estimate of drug-likeness (QED) is 0.241. The lowest BCUT2D eigenvalue weighted by Crippen LogP contribution is -2.53. The number of alkyl carbamates (subject to hydrolysis) is 1. The Morgan fingerprint density at radius 2 is 1.51 bits per heavy atom. The van der Waals surface area contributed by atoms with Crippen LogP contribution in [0.15, 0.2) is 48.5 Å². The van der Waals surface area contributed by atoms with E-state index in [4.69, 9.17) is 18.9 Å². The molecule has 0 aliphatic heterocycles. The van der Waals surface area contributed by atoms with E-state index >= 15 is 0 Å². The summed E-state index contributed by atoms with van der Waals surface area (Å²) >= 11 is 0. The van der Waals surface area contributed by atoms with Crippen molar-refractivity contribution in [3.63, 3.8) is 0 Å². The maximum absolute atomic E-state index is 13.4. The number of hydrogen-bond acceptors (Lipinski definition) is 8. The smallest absolute Gasteiger partial charge is 0.413 e. The number of rotatable bonds is 13. The fourth-order valence-electron chi connectivity index (χ4n) is 3.57. The van der Waals surface area contributed by atoms with Crippen molar-refractivity contribution in [1.82, 2.24) is 16.0 Å². The minimum Gasteiger partial charge on any atom is -0.497 e. The van der Waals surface area contributed by atoms with Crippen molar-refractivity contribution in [2.45, 2.75) is 64.6 Å². The molecule has 0 fully saturated rings. The van der Waals surface area contributed by atoms with E-state index in [0.29, 0.717) is 11.3 Å². The highest BCUT2D eigenvalue weighted by atomic mass is 19.1. The molecule has 0 unspecified atom stereocenters. The molecule has 0 aromatic heterocycles. The molecule has 3 N–H and O–H groups in total. The van der Waals surface area contributed by atoms with E-state index in [9.17, 15) is 23.6 Å². The lowest BCUT2D eigenvalue weighted by Gasteiger charge is -2.23. The van der Waals surface area contributed by atoms with Gasteiger partial charge in [0.1, 0.15) is 35.0 Å². The highest BCUT2D eigenvalue weighted by Gasteiger charge is 2.28. The number of carbonyl (C=O) groups is 4. The van der Waals surface area contributed by atoms with Gasteiger partial charge in [-0.3, -0.25) is 4.79 Å². The second-order valence-corrected chi connectivity index (χ2v) is 9.98. The molecule has 11 nitrogen and oxygen atoms in total. The summed E-state index contributed by atoms with van der Waals surface area (Å²) in [6.07, 6.45) is -1.12. The Labute approximate surface area is 239 Å². The Hall–Kier alpha value is -4.35. The Kier molecular flexibility index (Phi) is 12.9. The normalized spacial score (nSPS) is 12.3. The molecule has 224 valence electrons. The molecular weight excluding hydrogens is 537 g/mol. The molecule has 3 amide bonds. The summed E-state index contributed by atoms with van der Waals surface area (Å²) in [5.41, 5.74) is -0.0823. The van der Waals surface area contributed by atoms with Crippen molar-refractivity contribution < 1.29 is 42.5 Å². The Morgan fingerprint density at radius 3 is 2.10 bits per heavy atom. The largest absolute Gasteiger partial charge is 0.497 e. The monoisotopic (exact) mass is 575 g/mol. The Bertz CT molecular complexity index is 1150. The van der Waals surface area contributed by atoms with Gasteiger partial charge >= 0.3 is 18.2 Å². The van der Waals surface area contributed by atoms with Gasteiger partial charge in [-0.1, -0.05) is 12.1 Å². The molecule has 0 aliphatic carbocycles. The van der Waals surface area contributed by atoms with Crippen LogP contribution in [0.3, 0.4) is 0 Å². The molecule has 0 saturated heterocycles. The van der Waals surface area contributed by atoms with Crippen LogP contribution in [0, 0.1) is 5.82 Å². The molecule has 2 aromatic carbocycles. The van der Waals surface area contributed by atoms with Crippen LogP contribution in [0.2, 0.25) is 0 Å². The SMILES string of the molecule is CCOC(=O)[C@H](Cc1ccc(F)cc1)NC(=O)[C@@H](CCCNC(=O)OC(C)(C)C)NC(=O)Oc1ccc(OC)cc1. The van der Waals surface area contributed by atoms with Gasteiger partial charge in [0.05, 0.1) is 13.7 Å². The minimum atomic E-state index is -1.13. The number of halogens is 1. The lowest BCUT2D eigenvalue weighted by atomic mass is 10.0. The fraction of sp³-hybridized carbons (Fsp3) is 0.448. The van der Waals surface area contributed by atoms with Crippen LogP contribution in [0.25, 0.3) is 0 Å². The summed E-state index contributed by atoms with van der Waals surface area (Å²) in [6, 6.07) is 9.52. The van der Waals surface area contributed by atoms with Gasteiger partial charge in [0.15, 0.2) is 0 Å². The number of hydrogen-bond donors (Lipinski definition) is 3. The molecule has 0 spiro atoms. The Balaban J connectivity index is 2.12. The molecule has 0 radical (unpaired) electrons. The average molecular weight is 576 g/mol. The van der Waals surface area contributed by atoms with Crippen molar-refractivity contribution in [3.05, 3.63) is 59.9 Å². The van der Waals surface area contributed by atoms with Crippen molar-refractivity contribution in [2.24, 2.45) is 0 Å². The van der Waals surface area contributed by atoms with E-state index in [1.54, 1.807) is 39.8 Å². The highest BCUT2D eigenvalue weighted by Crippen LogP contribution is 2.17. The van der Waals surface area contributed by atoms with Crippen molar-refractivity contribution >= 4 is 24.1 Å². The number of esters is 1. The summed E-state index contributed by atoms with van der Waals surface area (Å²) in [7, 11) is 1.50. The molecule has 2 atom stereocenters. The standard InChI is InChI=1S/C29H38FN3O8/c1-6-39-26(35)24(18-19-9-11-20(30)12-10-19)32-25(34)23(8-7-17-31-27(36)41-29(2,3)4)33-28(37)40-22-15-13-21(38-5)14-16-22/h9-16,23-24H,6-8,17-18H2,1-5H3,(H,31,36)(H,32,34)(H,33,37)/t23-,24+/m1/s1. The van der Waals surface area contributed by atoms with Gasteiger partial charge in [-0.25, -0.2) is 18.8 Å². The molecule has 0 saturated carbocycles. The van der Waals surface area contributed by atoms with Crippen molar-refractivity contribution in [1.29, 1.82) is 0 Å². The zero-order chi connectivity index (χ0) is 30.4. The number of amides is 3. The first-order valence-corrected chi connectivity index (χ1v) is 13.2. The number of ether oxygens (including phenoxy) is 4. The van der Waals surface area contributed by atoms with Gasteiger partial charge in [-0.2, -0.15) is 0 Å². The van der Waals surface area contributed by atoms with Crippen LogP contribution in [-0.2, 0) is 25.5 Å². The third-order valence-electron chi connectivity index (χ3n) is 5.46. The van der Waals surface area contributed by atoms with Crippen LogP contribution in [0.4, 0.5) is 14.0 Å². The third-order valence-corrected chi connectivity index (χ3v) is 5.46. The van der Waals surface area contributed by atoms with E-state index in [1.807, 2.05) is 0 Å². The van der Waals surface area contributed by atoms with E-state index in [-0.39, 0.29) is 38.2 Å². The summed E-state index contributed by atoms with van der Waals surface area (Å²) in [6.45, 7) is 7.07. The van der Waals surface area contributed by atoms with Crippen LogP contribution in [0.5, 0.6) is 11.5 Å². The predicted molar refractivity (Wildman–Crippen MR) is 148 cm³/mol. The van der Waals surface area contributed by atoms with Crippen LogP contribution >= 0.6 is 0 Å². The maximum atomic E-state index is 13.4. The van der Waals surface area contributed by atoms with Gasteiger partial charge in [-0.05, 0) is 82.5 Å². The molecule has 41 heavy (non-hydrogen) atoms. The number of benzene rings is 2. The van der Waals surface area contributed by atoms with E-state index in [0.717, 1.165) is 0 Å². The molecular formula is C29H38FN3O8. The van der Waals surface area contributed by atoms with Gasteiger partial charge in [0, 0.05) is 13.0 Å². The second-order valence-electron chi connectivity index (χ2n) is 9.98. The average Bonchev–Trinajstić information content (AvgIpc) is 2.90. The zero-order valence-electron chi connectivity index (χ0n) is 24.0. The summed E-state index contributed by atoms with van der Waals surface area (Å²) in [4.78, 5) is 50.6. The molecule has 0 bridgehead atoms. The first-order chi connectivity index (χ1) is 19.4. The second kappa shape index (κ2) is 16.0. The highest BCUT2D eigenvalue weighted by molar-refractivity contribution is 5.90. The minimum absolute atomic E-state index is 0.0358. The number of methoxy groups -OCH3 is 1. The van der Waals surface area contributed by atoms with E-state index in [1.165, 1.54) is 43.5 Å². The maximum Gasteiger partial charge on any atom is 0.413 e. The van der Waals surface area contributed by atoms with Gasteiger partial charge < -0.3 is 34.9 Å². The summed E-state index contributed by atoms with van der Waals surface area (Å²) < 4.78 is 34.1. The lowest BCUT2D eigenvalue weighted by molar-refractivity contribution is -0.147. The molecule has 0 heterocycles. The number of nitrogens with one attached hydrogen (secondary N) is 3.